The first-order valence-corrected chi connectivity index (χ1v) is 10.6. The molecule has 1 N–H and O–H groups in total. The van der Waals surface area contributed by atoms with Crippen molar-refractivity contribution in [2.24, 2.45) is 22.7 Å². The molecule has 5 atom stereocenters. The number of amides is 1. The average Bonchev–Trinajstić information content (AvgIpc) is 3.21. The fourth-order valence-electron chi connectivity index (χ4n) is 6.60. The van der Waals surface area contributed by atoms with Crippen molar-refractivity contribution in [1.82, 2.24) is 5.32 Å². The van der Waals surface area contributed by atoms with Gasteiger partial charge in [-0.1, -0.05) is 50.2 Å². The van der Waals surface area contributed by atoms with Gasteiger partial charge in [-0.15, -0.1) is 0 Å². The first-order chi connectivity index (χ1) is 13.9. The van der Waals surface area contributed by atoms with Crippen LogP contribution in [0, 0.1) is 28.5 Å². The normalized spacial score (nSPS) is 34.6. The standard InChI is InChI=1S/C25H28FNO2/c1-24(2)18-14-20-21(16-7-4-3-5-8-16)29-12-11-25(20,15-18)23(24)27-22(28)17-9-6-10-19(26)13-17/h3-10,13,18,20-21,23H,11-12,14-15H2,1-2H3,(H,27,28)/t18-,20-,21-,23+,25-/m1/s1. The Bertz CT molecular complexity index is 927. The molecule has 2 aromatic carbocycles. The van der Waals surface area contributed by atoms with Crippen molar-refractivity contribution in [2.75, 3.05) is 6.61 Å². The molecular weight excluding hydrogens is 365 g/mol. The summed E-state index contributed by atoms with van der Waals surface area (Å²) < 4.78 is 19.9. The van der Waals surface area contributed by atoms with Crippen LogP contribution in [-0.2, 0) is 4.74 Å². The molecule has 29 heavy (non-hydrogen) atoms. The molecule has 3 fully saturated rings. The molecule has 1 heterocycles. The third kappa shape index (κ3) is 2.83. The molecule has 152 valence electrons. The number of hydrogen-bond donors (Lipinski definition) is 1. The summed E-state index contributed by atoms with van der Waals surface area (Å²) in [5, 5.41) is 3.34. The van der Waals surface area contributed by atoms with Crippen molar-refractivity contribution in [1.29, 1.82) is 0 Å². The minimum atomic E-state index is -0.379. The van der Waals surface area contributed by atoms with E-state index < -0.39 is 0 Å². The monoisotopic (exact) mass is 393 g/mol. The van der Waals surface area contributed by atoms with Gasteiger partial charge in [-0.2, -0.15) is 0 Å². The van der Waals surface area contributed by atoms with Crippen molar-refractivity contribution in [3.8, 4) is 0 Å². The second-order valence-corrected chi connectivity index (χ2v) is 9.67. The molecule has 3 aliphatic rings. The average molecular weight is 394 g/mol. The van der Waals surface area contributed by atoms with Gasteiger partial charge in [0.2, 0.25) is 0 Å². The molecular formula is C25H28FNO2. The second kappa shape index (κ2) is 6.66. The van der Waals surface area contributed by atoms with E-state index in [2.05, 4.69) is 43.4 Å². The van der Waals surface area contributed by atoms with E-state index in [0.29, 0.717) is 24.0 Å². The number of halogens is 1. The van der Waals surface area contributed by atoms with E-state index in [1.165, 1.54) is 17.7 Å². The van der Waals surface area contributed by atoms with E-state index in [0.717, 1.165) is 19.3 Å². The van der Waals surface area contributed by atoms with Gasteiger partial charge < -0.3 is 10.1 Å². The number of hydrogen-bond acceptors (Lipinski definition) is 2. The molecule has 4 heteroatoms. The number of rotatable bonds is 3. The predicted octanol–water partition coefficient (Wildman–Crippen LogP) is 5.14. The largest absolute Gasteiger partial charge is 0.373 e. The molecule has 1 aliphatic heterocycles. The fraction of sp³-hybridized carbons (Fsp3) is 0.480. The Kier molecular flexibility index (Phi) is 4.32. The molecule has 5 rings (SSSR count). The maximum Gasteiger partial charge on any atom is 0.251 e. The number of carbonyl (C=O) groups is 1. The van der Waals surface area contributed by atoms with Crippen LogP contribution in [0.4, 0.5) is 4.39 Å². The molecule has 2 saturated carbocycles. The molecule has 2 bridgehead atoms. The van der Waals surface area contributed by atoms with E-state index in [1.54, 1.807) is 12.1 Å². The molecule has 3 nitrogen and oxygen atoms in total. The lowest BCUT2D eigenvalue weighted by atomic mass is 9.59. The highest BCUT2D eigenvalue weighted by atomic mass is 19.1. The van der Waals surface area contributed by atoms with Crippen LogP contribution in [0.2, 0.25) is 0 Å². The van der Waals surface area contributed by atoms with Gasteiger partial charge in [0.15, 0.2) is 0 Å². The number of benzene rings is 2. The van der Waals surface area contributed by atoms with Crippen LogP contribution in [-0.4, -0.2) is 18.6 Å². The summed E-state index contributed by atoms with van der Waals surface area (Å²) in [5.41, 5.74) is 1.67. The minimum absolute atomic E-state index is 0.0120. The van der Waals surface area contributed by atoms with Crippen LogP contribution in [0.15, 0.2) is 54.6 Å². The van der Waals surface area contributed by atoms with Crippen molar-refractivity contribution in [3.63, 3.8) is 0 Å². The maximum absolute atomic E-state index is 13.7. The third-order valence-corrected chi connectivity index (χ3v) is 8.00. The third-order valence-electron chi connectivity index (χ3n) is 8.00. The lowest BCUT2D eigenvalue weighted by Crippen LogP contribution is -2.58. The van der Waals surface area contributed by atoms with Crippen LogP contribution >= 0.6 is 0 Å². The lowest BCUT2D eigenvalue weighted by molar-refractivity contribution is -0.120. The summed E-state index contributed by atoms with van der Waals surface area (Å²) in [4.78, 5) is 13.0. The van der Waals surface area contributed by atoms with E-state index in [-0.39, 0.29) is 34.7 Å². The Labute approximate surface area is 171 Å². The Morgan fingerprint density at radius 3 is 2.69 bits per heavy atom. The van der Waals surface area contributed by atoms with Crippen molar-refractivity contribution in [3.05, 3.63) is 71.5 Å². The number of nitrogens with one attached hydrogen (secondary N) is 1. The Balaban J connectivity index is 1.48. The van der Waals surface area contributed by atoms with Gasteiger partial charge >= 0.3 is 0 Å². The molecule has 0 radical (unpaired) electrons. The summed E-state index contributed by atoms with van der Waals surface area (Å²) in [6.45, 7) is 5.28. The van der Waals surface area contributed by atoms with E-state index in [4.69, 9.17) is 4.74 Å². The van der Waals surface area contributed by atoms with Gasteiger partial charge in [0, 0.05) is 18.2 Å². The predicted molar refractivity (Wildman–Crippen MR) is 110 cm³/mol. The fourth-order valence-corrected chi connectivity index (χ4v) is 6.60. The lowest BCUT2D eigenvalue weighted by Gasteiger charge is -2.53. The van der Waals surface area contributed by atoms with Gasteiger partial charge in [-0.05, 0) is 65.7 Å². The SMILES string of the molecule is CC1(C)[C@@H]2C[C@@H]3[C@@H](c4ccccc4)OCC[C@]3(C2)[C@H]1NC(=O)c1cccc(F)c1. The topological polar surface area (TPSA) is 38.3 Å². The zero-order valence-corrected chi connectivity index (χ0v) is 17.0. The number of ether oxygens (including phenoxy) is 1. The van der Waals surface area contributed by atoms with Crippen molar-refractivity contribution in [2.45, 2.75) is 45.3 Å². The van der Waals surface area contributed by atoms with E-state index in [1.807, 2.05) is 6.07 Å². The van der Waals surface area contributed by atoms with E-state index in [9.17, 15) is 9.18 Å². The quantitative estimate of drug-likeness (QED) is 0.784. The van der Waals surface area contributed by atoms with Crippen LogP contribution in [0.3, 0.4) is 0 Å². The number of carbonyl (C=O) groups excluding carboxylic acids is 1. The van der Waals surface area contributed by atoms with Crippen molar-refractivity contribution < 1.29 is 13.9 Å². The maximum atomic E-state index is 13.7. The highest BCUT2D eigenvalue weighted by molar-refractivity contribution is 5.94. The Morgan fingerprint density at radius 1 is 1.14 bits per heavy atom. The highest BCUT2D eigenvalue weighted by Gasteiger charge is 2.68. The molecule has 0 unspecified atom stereocenters. The van der Waals surface area contributed by atoms with Crippen LogP contribution in [0.1, 0.15) is 55.1 Å². The Hall–Kier alpha value is -2.20. The van der Waals surface area contributed by atoms with Gasteiger partial charge in [0.1, 0.15) is 5.82 Å². The summed E-state index contributed by atoms with van der Waals surface area (Å²) in [6, 6.07) is 16.5. The molecule has 2 aliphatic carbocycles. The van der Waals surface area contributed by atoms with Crippen molar-refractivity contribution >= 4 is 5.91 Å². The zero-order valence-electron chi connectivity index (χ0n) is 17.0. The summed E-state index contributed by atoms with van der Waals surface area (Å²) in [5.74, 6) is 0.398. The smallest absolute Gasteiger partial charge is 0.251 e. The first kappa shape index (κ1) is 18.8. The summed E-state index contributed by atoms with van der Waals surface area (Å²) in [6.07, 6.45) is 3.32. The van der Waals surface area contributed by atoms with Crippen LogP contribution in [0.25, 0.3) is 0 Å². The van der Waals surface area contributed by atoms with Gasteiger partial charge in [-0.25, -0.2) is 4.39 Å². The van der Waals surface area contributed by atoms with Crippen LogP contribution in [0.5, 0.6) is 0 Å². The van der Waals surface area contributed by atoms with Gasteiger partial charge in [0.25, 0.3) is 5.91 Å². The first-order valence-electron chi connectivity index (χ1n) is 10.6. The summed E-state index contributed by atoms with van der Waals surface area (Å²) >= 11 is 0. The molecule has 0 aromatic heterocycles. The summed E-state index contributed by atoms with van der Waals surface area (Å²) in [7, 11) is 0. The Morgan fingerprint density at radius 2 is 1.93 bits per heavy atom. The number of fused-ring (bicyclic) bond motifs is 1. The zero-order chi connectivity index (χ0) is 20.2. The molecule has 1 saturated heterocycles. The van der Waals surface area contributed by atoms with Gasteiger partial charge in [-0.3, -0.25) is 4.79 Å². The molecule has 1 amide bonds. The second-order valence-electron chi connectivity index (χ2n) is 9.67. The molecule has 1 spiro atoms. The van der Waals surface area contributed by atoms with Gasteiger partial charge in [0.05, 0.1) is 6.10 Å². The minimum Gasteiger partial charge on any atom is -0.373 e. The highest BCUT2D eigenvalue weighted by Crippen LogP contribution is 2.70. The van der Waals surface area contributed by atoms with E-state index >= 15 is 0 Å². The van der Waals surface area contributed by atoms with Crippen LogP contribution < -0.4 is 5.32 Å². The molecule has 2 aromatic rings.